The Morgan fingerprint density at radius 2 is 1.47 bits per heavy atom. The second-order valence-corrected chi connectivity index (χ2v) is 2.80. The van der Waals surface area contributed by atoms with Crippen LogP contribution in [0.1, 0.15) is 13.8 Å². The molecule has 1 rings (SSSR count). The monoisotopic (exact) mass is 218 g/mol. The van der Waals surface area contributed by atoms with Gasteiger partial charge >= 0.3 is 11.9 Å². The fourth-order valence-electron chi connectivity index (χ4n) is 1.19. The van der Waals surface area contributed by atoms with Crippen molar-refractivity contribution in [2.24, 2.45) is 0 Å². The summed E-state index contributed by atoms with van der Waals surface area (Å²) in [6.45, 7) is 3.70. The second-order valence-electron chi connectivity index (χ2n) is 2.80. The van der Waals surface area contributed by atoms with E-state index in [9.17, 15) is 9.59 Å². The lowest BCUT2D eigenvalue weighted by Gasteiger charge is -2.13. The summed E-state index contributed by atoms with van der Waals surface area (Å²) in [5.41, 5.74) is 0. The van der Waals surface area contributed by atoms with E-state index in [1.165, 1.54) is 0 Å². The summed E-state index contributed by atoms with van der Waals surface area (Å²) in [6, 6.07) is 0. The van der Waals surface area contributed by atoms with E-state index in [1.807, 2.05) is 0 Å². The van der Waals surface area contributed by atoms with E-state index in [0.29, 0.717) is 0 Å². The molecule has 1 heterocycles. The maximum atomic E-state index is 11.3. The zero-order valence-corrected chi connectivity index (χ0v) is 8.73. The second kappa shape index (κ2) is 5.67. The van der Waals surface area contributed by atoms with Gasteiger partial charge in [0.1, 0.15) is 6.79 Å². The molecule has 0 saturated carbocycles. The number of carbonyl (C=O) groups is 2. The van der Waals surface area contributed by atoms with Gasteiger partial charge in [0.15, 0.2) is 12.2 Å². The molecule has 0 bridgehead atoms. The Kier molecular flexibility index (Phi) is 4.51. The Morgan fingerprint density at radius 1 is 1.07 bits per heavy atom. The number of carbonyl (C=O) groups excluding carboxylic acids is 2. The first kappa shape index (κ1) is 11.9. The van der Waals surface area contributed by atoms with Crippen molar-refractivity contribution in [3.63, 3.8) is 0 Å². The van der Waals surface area contributed by atoms with Crippen LogP contribution in [0, 0.1) is 0 Å². The molecule has 1 aliphatic heterocycles. The molecule has 0 N–H and O–H groups in total. The molecule has 15 heavy (non-hydrogen) atoms. The van der Waals surface area contributed by atoms with E-state index in [2.05, 4.69) is 0 Å². The Morgan fingerprint density at radius 3 is 1.80 bits per heavy atom. The molecule has 1 saturated heterocycles. The summed E-state index contributed by atoms with van der Waals surface area (Å²) in [5, 5.41) is 0. The molecule has 0 unspecified atom stereocenters. The molecule has 1 fully saturated rings. The molecule has 0 aromatic carbocycles. The minimum absolute atomic E-state index is 0.104. The summed E-state index contributed by atoms with van der Waals surface area (Å²) in [6.07, 6.45) is -2.02. The van der Waals surface area contributed by atoms with Crippen LogP contribution >= 0.6 is 0 Å². The van der Waals surface area contributed by atoms with Gasteiger partial charge in [-0.05, 0) is 13.8 Å². The highest BCUT2D eigenvalue weighted by atomic mass is 16.7. The van der Waals surface area contributed by atoms with Crippen LogP contribution in [0.3, 0.4) is 0 Å². The summed E-state index contributed by atoms with van der Waals surface area (Å²) in [7, 11) is 0. The standard InChI is InChI=1S/C9H14O6/c1-3-12-8(10)6-7(15-5-14-6)9(11)13-4-2/h6-7H,3-5H2,1-2H3/t6-,7-/m0/s1. The fraction of sp³-hybridized carbons (Fsp3) is 0.778. The maximum Gasteiger partial charge on any atom is 0.338 e. The van der Waals surface area contributed by atoms with Crippen molar-refractivity contribution in [3.8, 4) is 0 Å². The molecule has 6 heteroatoms. The van der Waals surface area contributed by atoms with Crippen molar-refractivity contribution in [3.05, 3.63) is 0 Å². The minimum atomic E-state index is -1.01. The molecule has 0 amide bonds. The van der Waals surface area contributed by atoms with Gasteiger partial charge in [0.2, 0.25) is 0 Å². The highest BCUT2D eigenvalue weighted by Crippen LogP contribution is 2.15. The molecule has 0 aliphatic carbocycles. The topological polar surface area (TPSA) is 71.1 Å². The molecule has 1 aliphatic rings. The van der Waals surface area contributed by atoms with Crippen LogP contribution in [0.5, 0.6) is 0 Å². The fourth-order valence-corrected chi connectivity index (χ4v) is 1.19. The molecule has 2 atom stereocenters. The van der Waals surface area contributed by atoms with Gasteiger partial charge in [-0.3, -0.25) is 0 Å². The number of hydrogen-bond donors (Lipinski definition) is 0. The molecular formula is C9H14O6. The van der Waals surface area contributed by atoms with Gasteiger partial charge < -0.3 is 18.9 Å². The lowest BCUT2D eigenvalue weighted by Crippen LogP contribution is -2.39. The summed E-state index contributed by atoms with van der Waals surface area (Å²) < 4.78 is 19.4. The normalized spacial score (nSPS) is 24.9. The van der Waals surface area contributed by atoms with Crippen LogP contribution in [0.2, 0.25) is 0 Å². The Labute approximate surface area is 87.4 Å². The van der Waals surface area contributed by atoms with Crippen molar-refractivity contribution in [1.29, 1.82) is 0 Å². The van der Waals surface area contributed by atoms with Crippen LogP contribution in [0.25, 0.3) is 0 Å². The summed E-state index contributed by atoms with van der Waals surface area (Å²) in [4.78, 5) is 22.7. The third kappa shape index (κ3) is 2.90. The molecule has 0 aromatic heterocycles. The van der Waals surface area contributed by atoms with Crippen LogP contribution in [-0.2, 0) is 28.5 Å². The van der Waals surface area contributed by atoms with Crippen LogP contribution in [-0.4, -0.2) is 44.2 Å². The van der Waals surface area contributed by atoms with E-state index in [4.69, 9.17) is 18.9 Å². The summed E-state index contributed by atoms with van der Waals surface area (Å²) in [5.74, 6) is -1.21. The van der Waals surface area contributed by atoms with Gasteiger partial charge in [0.25, 0.3) is 0 Å². The van der Waals surface area contributed by atoms with Crippen molar-refractivity contribution in [1.82, 2.24) is 0 Å². The molecule has 0 aromatic rings. The number of ether oxygens (including phenoxy) is 4. The average molecular weight is 218 g/mol. The third-order valence-corrected chi connectivity index (χ3v) is 1.81. The van der Waals surface area contributed by atoms with Crippen LogP contribution in [0.4, 0.5) is 0 Å². The predicted molar refractivity (Wildman–Crippen MR) is 47.9 cm³/mol. The van der Waals surface area contributed by atoms with Gasteiger partial charge in [0, 0.05) is 0 Å². The van der Waals surface area contributed by atoms with Crippen molar-refractivity contribution >= 4 is 11.9 Å². The van der Waals surface area contributed by atoms with Gasteiger partial charge in [-0.1, -0.05) is 0 Å². The first-order chi connectivity index (χ1) is 7.20. The third-order valence-electron chi connectivity index (χ3n) is 1.81. The lowest BCUT2D eigenvalue weighted by molar-refractivity contribution is -0.163. The van der Waals surface area contributed by atoms with Gasteiger partial charge in [-0.2, -0.15) is 0 Å². The lowest BCUT2D eigenvalue weighted by atomic mass is 10.2. The highest BCUT2D eigenvalue weighted by molar-refractivity contribution is 5.86. The van der Waals surface area contributed by atoms with E-state index in [1.54, 1.807) is 13.8 Å². The molecule has 0 spiro atoms. The zero-order valence-electron chi connectivity index (χ0n) is 8.73. The Hall–Kier alpha value is -1.14. The average Bonchev–Trinajstić information content (AvgIpc) is 2.66. The minimum Gasteiger partial charge on any atom is -0.464 e. The van der Waals surface area contributed by atoms with Crippen molar-refractivity contribution < 1.29 is 28.5 Å². The number of hydrogen-bond acceptors (Lipinski definition) is 6. The van der Waals surface area contributed by atoms with Crippen molar-refractivity contribution in [2.45, 2.75) is 26.1 Å². The van der Waals surface area contributed by atoms with E-state index in [-0.39, 0.29) is 20.0 Å². The number of esters is 2. The molecule has 0 radical (unpaired) electrons. The van der Waals surface area contributed by atoms with Crippen LogP contribution < -0.4 is 0 Å². The predicted octanol–water partition coefficient (Wildman–Crippen LogP) is -0.146. The SMILES string of the molecule is CCOC(=O)[C@H]1OCO[C@@H]1C(=O)OCC. The van der Waals surface area contributed by atoms with E-state index < -0.39 is 24.1 Å². The maximum absolute atomic E-state index is 11.3. The van der Waals surface area contributed by atoms with E-state index >= 15 is 0 Å². The van der Waals surface area contributed by atoms with Crippen molar-refractivity contribution in [2.75, 3.05) is 20.0 Å². The quantitative estimate of drug-likeness (QED) is 0.611. The highest BCUT2D eigenvalue weighted by Gasteiger charge is 2.42. The molecule has 86 valence electrons. The first-order valence-corrected chi connectivity index (χ1v) is 4.77. The number of rotatable bonds is 4. The van der Waals surface area contributed by atoms with Gasteiger partial charge in [-0.25, -0.2) is 9.59 Å². The first-order valence-electron chi connectivity index (χ1n) is 4.77. The molecule has 6 nitrogen and oxygen atoms in total. The smallest absolute Gasteiger partial charge is 0.338 e. The molecular weight excluding hydrogens is 204 g/mol. The largest absolute Gasteiger partial charge is 0.464 e. The summed E-state index contributed by atoms with van der Waals surface area (Å²) >= 11 is 0. The van der Waals surface area contributed by atoms with E-state index in [0.717, 1.165) is 0 Å². The Balaban J connectivity index is 2.56. The van der Waals surface area contributed by atoms with Gasteiger partial charge in [-0.15, -0.1) is 0 Å². The zero-order chi connectivity index (χ0) is 11.3. The Bertz CT molecular complexity index is 215. The van der Waals surface area contributed by atoms with Gasteiger partial charge in [0.05, 0.1) is 13.2 Å². The van der Waals surface area contributed by atoms with Crippen LogP contribution in [0.15, 0.2) is 0 Å².